The molecule has 3 aliphatic carbocycles. The van der Waals surface area contributed by atoms with Crippen LogP contribution in [0.4, 0.5) is 0 Å². The van der Waals surface area contributed by atoms with Crippen molar-refractivity contribution in [3.05, 3.63) is 86.5 Å². The van der Waals surface area contributed by atoms with Crippen LogP contribution in [0.25, 0.3) is 0 Å². The highest BCUT2D eigenvalue weighted by Crippen LogP contribution is 2.58. The Morgan fingerprint density at radius 2 is 1.58 bits per heavy atom. The number of fused-ring (bicyclic) bond motifs is 5. The molecule has 3 aromatic rings. The number of carbonyl (C=O) groups excluding carboxylic acids is 5. The normalized spacial score (nSPS) is 29.4. The summed E-state index contributed by atoms with van der Waals surface area (Å²) in [6.45, 7) is 3.20. The van der Waals surface area contributed by atoms with E-state index in [2.05, 4.69) is 10.3 Å². The van der Waals surface area contributed by atoms with E-state index in [4.69, 9.17) is 28.4 Å². The number of aliphatic hydroxyl groups excluding tert-OH is 2. The van der Waals surface area contributed by atoms with Gasteiger partial charge in [0, 0.05) is 58.1 Å². The Morgan fingerprint density at radius 1 is 0.898 bits per heavy atom. The van der Waals surface area contributed by atoms with E-state index in [0.29, 0.717) is 11.3 Å². The average molecular weight is 817 g/mol. The number of hydrogen-bond donors (Lipinski definition) is 5. The predicted molar refractivity (Wildman–Crippen MR) is 205 cm³/mol. The van der Waals surface area contributed by atoms with E-state index < -0.39 is 117 Å². The molecule has 17 nitrogen and oxygen atoms in total. The van der Waals surface area contributed by atoms with Crippen molar-refractivity contribution in [1.29, 1.82) is 0 Å². The molecule has 312 valence electrons. The number of aliphatic hydroxyl groups is 2. The first-order valence-corrected chi connectivity index (χ1v) is 18.7. The van der Waals surface area contributed by atoms with Gasteiger partial charge in [0.1, 0.15) is 35.6 Å². The molecule has 1 heterocycles. The van der Waals surface area contributed by atoms with Crippen LogP contribution in [0.1, 0.15) is 87.4 Å². The highest BCUT2D eigenvalue weighted by molar-refractivity contribution is 6.53. The number of amides is 1. The summed E-state index contributed by atoms with van der Waals surface area (Å²) in [7, 11) is 6.28. The van der Waals surface area contributed by atoms with Crippen molar-refractivity contribution < 1.29 is 72.8 Å². The van der Waals surface area contributed by atoms with E-state index in [0.717, 1.165) is 20.3 Å². The molecule has 5 N–H and O–H groups in total. The first-order chi connectivity index (χ1) is 28.1. The summed E-state index contributed by atoms with van der Waals surface area (Å²) < 4.78 is 33.6. The second-order valence-corrected chi connectivity index (χ2v) is 14.9. The number of rotatable bonds is 9. The van der Waals surface area contributed by atoms with Gasteiger partial charge in [-0.25, -0.2) is 0 Å². The van der Waals surface area contributed by atoms with E-state index in [9.17, 15) is 39.6 Å². The van der Waals surface area contributed by atoms with E-state index in [1.165, 1.54) is 27.4 Å². The summed E-state index contributed by atoms with van der Waals surface area (Å²) in [6.07, 6.45) is -8.00. The third kappa shape index (κ3) is 5.94. The lowest BCUT2D eigenvalue weighted by Gasteiger charge is -2.54. The van der Waals surface area contributed by atoms with Crippen LogP contribution in [-0.4, -0.2) is 133 Å². The fourth-order valence-corrected chi connectivity index (χ4v) is 9.16. The molecule has 3 aromatic carbocycles. The number of phenols is 2. The Balaban J connectivity index is 1.36. The van der Waals surface area contributed by atoms with E-state index in [1.807, 2.05) is 0 Å². The lowest BCUT2D eigenvalue weighted by Crippen LogP contribution is -2.73. The predicted octanol–water partition coefficient (Wildman–Crippen LogP) is 1.91. The molecule has 1 amide bonds. The number of hydrogen-bond acceptors (Lipinski definition) is 16. The van der Waals surface area contributed by atoms with E-state index in [-0.39, 0.29) is 40.9 Å². The Bertz CT molecular complexity index is 2320. The number of methoxy groups -OCH3 is 5. The van der Waals surface area contributed by atoms with Gasteiger partial charge >= 0.3 is 0 Å². The number of ketones is 4. The second kappa shape index (κ2) is 15.3. The van der Waals surface area contributed by atoms with Gasteiger partial charge in [0.2, 0.25) is 17.3 Å². The van der Waals surface area contributed by atoms with Gasteiger partial charge in [-0.05, 0) is 48.7 Å². The molecular weight excluding hydrogens is 772 g/mol. The first-order valence-electron chi connectivity index (χ1n) is 18.7. The maximum atomic E-state index is 15.2. The van der Waals surface area contributed by atoms with Crippen LogP contribution < -0.4 is 10.1 Å². The zero-order valence-corrected chi connectivity index (χ0v) is 33.3. The maximum Gasteiger partial charge on any atom is 0.255 e. The minimum absolute atomic E-state index is 0.0361. The molecule has 7 rings (SSSR count). The molecule has 17 heteroatoms. The van der Waals surface area contributed by atoms with Crippen LogP contribution in [0.15, 0.2) is 41.4 Å². The number of nitrogens with zero attached hydrogens (tertiary/aromatic N) is 1. The molecule has 1 aliphatic heterocycles. The summed E-state index contributed by atoms with van der Waals surface area (Å²) in [4.78, 5) is 76.3. The Morgan fingerprint density at radius 3 is 2.19 bits per heavy atom. The van der Waals surface area contributed by atoms with Gasteiger partial charge in [-0.3, -0.25) is 29.0 Å². The zero-order chi connectivity index (χ0) is 42.9. The number of carbonyl (C=O) groups is 5. The van der Waals surface area contributed by atoms with Gasteiger partial charge in [0.25, 0.3) is 5.91 Å². The van der Waals surface area contributed by atoms with Gasteiger partial charge in [0.15, 0.2) is 23.2 Å². The lowest BCUT2D eigenvalue weighted by molar-refractivity contribution is -0.228. The van der Waals surface area contributed by atoms with Gasteiger partial charge in [-0.2, -0.15) is 0 Å². The fraction of sp³-hybridized carbons (Fsp3) is 0.429. The molecule has 4 aliphatic rings. The summed E-state index contributed by atoms with van der Waals surface area (Å²) in [6, 6.07) is 9.33. The maximum absolute atomic E-state index is 15.2. The quantitative estimate of drug-likeness (QED) is 0.207. The number of ether oxygens (including phenoxy) is 6. The van der Waals surface area contributed by atoms with Crippen LogP contribution in [0.3, 0.4) is 0 Å². The molecule has 1 saturated heterocycles. The molecule has 59 heavy (non-hydrogen) atoms. The van der Waals surface area contributed by atoms with Crippen LogP contribution in [-0.2, 0) is 42.3 Å². The second-order valence-electron chi connectivity index (χ2n) is 14.9. The van der Waals surface area contributed by atoms with E-state index in [1.54, 1.807) is 38.1 Å². The van der Waals surface area contributed by atoms with Gasteiger partial charge in [-0.1, -0.05) is 18.2 Å². The molecule has 0 bridgehead atoms. The molecule has 8 unspecified atom stereocenters. The van der Waals surface area contributed by atoms with Crippen molar-refractivity contribution >= 4 is 34.8 Å². The molecule has 0 radical (unpaired) electrons. The zero-order valence-electron chi connectivity index (χ0n) is 33.3. The number of phenolic OH excluding ortho intramolecular Hbond substituents is 2. The molecule has 8 atom stereocenters. The average Bonchev–Trinajstić information content (AvgIpc) is 3.20. The minimum Gasteiger partial charge on any atom is -0.507 e. The Hall–Kier alpha value is -5.40. The fourth-order valence-electron chi connectivity index (χ4n) is 9.16. The largest absolute Gasteiger partial charge is 0.507 e. The number of aromatic hydroxyl groups is 2. The number of aryl methyl sites for hydroxylation is 1. The molecule has 0 spiro atoms. The van der Waals surface area contributed by atoms with Crippen molar-refractivity contribution in [1.82, 2.24) is 5.32 Å². The molecule has 1 fully saturated rings. The molecular formula is C42H44N2O15. The van der Waals surface area contributed by atoms with E-state index >= 15 is 4.79 Å². The van der Waals surface area contributed by atoms with Crippen LogP contribution in [0.5, 0.6) is 17.2 Å². The summed E-state index contributed by atoms with van der Waals surface area (Å²) >= 11 is 0. The number of aliphatic imine (C=N–C) groups is 1. The first kappa shape index (κ1) is 41.7. The Labute approximate surface area is 337 Å². The highest BCUT2D eigenvalue weighted by atomic mass is 16.6. The van der Waals surface area contributed by atoms with Crippen LogP contribution in [0.2, 0.25) is 0 Å². The van der Waals surface area contributed by atoms with Crippen molar-refractivity contribution in [2.75, 3.05) is 35.5 Å². The third-order valence-corrected chi connectivity index (χ3v) is 11.9. The number of nitrogens with one attached hydrogen (secondary N) is 1. The lowest BCUT2D eigenvalue weighted by atomic mass is 9.56. The summed E-state index contributed by atoms with van der Waals surface area (Å²) in [5.74, 6) is -5.94. The Kier molecular flexibility index (Phi) is 10.8. The van der Waals surface area contributed by atoms with Crippen molar-refractivity contribution in [2.24, 2.45) is 4.99 Å². The van der Waals surface area contributed by atoms with Crippen molar-refractivity contribution in [2.45, 2.75) is 81.2 Å². The summed E-state index contributed by atoms with van der Waals surface area (Å²) in [5.41, 5.74) is -7.58. The number of Topliss-reactive ketones (excluding diaryl/α,β-unsaturated/α-hetero) is 4. The standard InChI is InChI=1S/C42H44N2O15/c1-17-12-20-13-26(46)41(57-6)38(52)29-23(37(51)42(41,58-7)30(20)33(49)27(17)39(53)43-16-19-8-10-21(54-3)11-9-19)14-22-28(32(29)48)25(45)15-24(31(22)47)44-40-36(56-5)34(50)35(55-4)18(2)59-40/h8-12,14,18,26,34-36,40,46,48-50H,13,15-16H2,1-7H3,(H,43,53). The van der Waals surface area contributed by atoms with Gasteiger partial charge in [0.05, 0.1) is 48.1 Å². The summed E-state index contributed by atoms with van der Waals surface area (Å²) in [5, 5.41) is 49.3. The van der Waals surface area contributed by atoms with Gasteiger partial charge in [-0.15, -0.1) is 0 Å². The smallest absolute Gasteiger partial charge is 0.255 e. The number of benzene rings is 3. The topological polar surface area (TPSA) is 246 Å². The van der Waals surface area contributed by atoms with Crippen LogP contribution in [0, 0.1) is 6.92 Å². The molecule has 0 saturated carbocycles. The van der Waals surface area contributed by atoms with Crippen molar-refractivity contribution in [3.8, 4) is 17.2 Å². The SMILES string of the molecule is COc1ccc(CNC(=O)c2c(C)cc3c(c2O)C2(OC)C(=O)c4cc5c(c(O)c4C(=O)C2(OC)C(O)C3)C(=O)CC(=NC2OC(C)C(OC)C(O)C2OC)C5=O)cc1. The van der Waals surface area contributed by atoms with Crippen molar-refractivity contribution in [3.63, 3.8) is 0 Å². The molecule has 0 aromatic heterocycles. The third-order valence-electron chi connectivity index (χ3n) is 11.9. The van der Waals surface area contributed by atoms with Gasteiger partial charge < -0.3 is 54.2 Å². The minimum atomic E-state index is -2.72. The van der Waals surface area contributed by atoms with Crippen LogP contribution >= 0.6 is 0 Å². The monoisotopic (exact) mass is 816 g/mol. The highest BCUT2D eigenvalue weighted by Gasteiger charge is 2.74.